The lowest BCUT2D eigenvalue weighted by Crippen LogP contribution is -2.31. The molecule has 0 unspecified atom stereocenters. The summed E-state index contributed by atoms with van der Waals surface area (Å²) in [6.07, 6.45) is 5.95. The van der Waals surface area contributed by atoms with E-state index in [1.54, 1.807) is 11.8 Å². The lowest BCUT2D eigenvalue weighted by Gasteiger charge is -2.29. The third kappa shape index (κ3) is 3.03. The molecule has 0 fully saturated rings. The van der Waals surface area contributed by atoms with Crippen molar-refractivity contribution in [3.63, 3.8) is 0 Å². The van der Waals surface area contributed by atoms with Crippen molar-refractivity contribution in [2.24, 2.45) is 4.99 Å². The van der Waals surface area contributed by atoms with Gasteiger partial charge < -0.3 is 4.90 Å². The van der Waals surface area contributed by atoms with E-state index in [9.17, 15) is 0 Å². The molecule has 0 atom stereocenters. The number of unbranched alkanes of at least 4 members (excludes halogenated alkanes) is 2. The first-order valence-electron chi connectivity index (χ1n) is 6.30. The Hall–Kier alpha value is -0.960. The van der Waals surface area contributed by atoms with Crippen LogP contribution in [-0.4, -0.2) is 22.9 Å². The van der Waals surface area contributed by atoms with E-state index in [0.29, 0.717) is 0 Å². The van der Waals surface area contributed by atoms with Crippen LogP contribution in [0.1, 0.15) is 31.7 Å². The number of aliphatic imine (C=N–C) groups is 1. The summed E-state index contributed by atoms with van der Waals surface area (Å²) in [4.78, 5) is 7.13. The minimum absolute atomic E-state index is 1.01. The maximum absolute atomic E-state index is 4.73. The van der Waals surface area contributed by atoms with Gasteiger partial charge in [0.05, 0.1) is 5.69 Å². The van der Waals surface area contributed by atoms with E-state index in [2.05, 4.69) is 42.3 Å². The molecule has 92 valence electrons. The summed E-state index contributed by atoms with van der Waals surface area (Å²) in [7, 11) is 0. The van der Waals surface area contributed by atoms with Crippen molar-refractivity contribution in [2.75, 3.05) is 12.8 Å². The average Bonchev–Trinajstić information content (AvgIpc) is 2.38. The third-order valence-electron chi connectivity index (χ3n) is 3.05. The molecule has 1 aromatic carbocycles. The Labute approximate surface area is 108 Å². The fourth-order valence-corrected chi connectivity index (χ4v) is 2.71. The van der Waals surface area contributed by atoms with E-state index in [1.807, 2.05) is 0 Å². The van der Waals surface area contributed by atoms with E-state index in [-0.39, 0.29) is 0 Å². The van der Waals surface area contributed by atoms with Crippen LogP contribution in [0.15, 0.2) is 29.3 Å². The smallest absolute Gasteiger partial charge is 0.164 e. The summed E-state index contributed by atoms with van der Waals surface area (Å²) in [6.45, 7) is 4.39. The fraction of sp³-hybridized carbons (Fsp3) is 0.500. The van der Waals surface area contributed by atoms with Crippen LogP contribution in [-0.2, 0) is 6.54 Å². The van der Waals surface area contributed by atoms with Crippen molar-refractivity contribution in [3.8, 4) is 0 Å². The van der Waals surface area contributed by atoms with Crippen molar-refractivity contribution >= 4 is 22.6 Å². The van der Waals surface area contributed by atoms with Crippen LogP contribution >= 0.6 is 11.8 Å². The molecular weight excluding hydrogens is 228 g/mol. The van der Waals surface area contributed by atoms with Crippen LogP contribution in [0.3, 0.4) is 0 Å². The van der Waals surface area contributed by atoms with Crippen molar-refractivity contribution in [1.29, 1.82) is 0 Å². The van der Waals surface area contributed by atoms with Crippen molar-refractivity contribution in [3.05, 3.63) is 29.8 Å². The minimum atomic E-state index is 1.01. The predicted molar refractivity (Wildman–Crippen MR) is 77.0 cm³/mol. The zero-order valence-corrected chi connectivity index (χ0v) is 11.5. The Kier molecular flexibility index (Phi) is 4.49. The number of benzene rings is 1. The van der Waals surface area contributed by atoms with Crippen LogP contribution in [0.5, 0.6) is 0 Å². The Morgan fingerprint density at radius 3 is 2.88 bits per heavy atom. The Morgan fingerprint density at radius 2 is 2.12 bits per heavy atom. The highest BCUT2D eigenvalue weighted by Gasteiger charge is 2.17. The molecule has 3 heteroatoms. The maximum Gasteiger partial charge on any atom is 0.164 e. The molecule has 1 heterocycles. The maximum atomic E-state index is 4.73. The van der Waals surface area contributed by atoms with Crippen LogP contribution < -0.4 is 0 Å². The molecule has 2 rings (SSSR count). The van der Waals surface area contributed by atoms with Gasteiger partial charge in [0.25, 0.3) is 0 Å². The van der Waals surface area contributed by atoms with E-state index in [4.69, 9.17) is 4.99 Å². The zero-order chi connectivity index (χ0) is 12.1. The third-order valence-corrected chi connectivity index (χ3v) is 3.77. The van der Waals surface area contributed by atoms with Gasteiger partial charge in [0, 0.05) is 13.1 Å². The lowest BCUT2D eigenvalue weighted by molar-refractivity contribution is 0.400. The quantitative estimate of drug-likeness (QED) is 0.747. The van der Waals surface area contributed by atoms with E-state index in [1.165, 1.54) is 30.0 Å². The van der Waals surface area contributed by atoms with E-state index < -0.39 is 0 Å². The van der Waals surface area contributed by atoms with Crippen molar-refractivity contribution in [2.45, 2.75) is 32.7 Å². The normalized spacial score (nSPS) is 14.5. The lowest BCUT2D eigenvalue weighted by atomic mass is 10.1. The molecule has 0 bridgehead atoms. The summed E-state index contributed by atoms with van der Waals surface area (Å²) in [5.41, 5.74) is 2.49. The second-order valence-electron chi connectivity index (χ2n) is 4.36. The number of hydrogen-bond donors (Lipinski definition) is 0. The van der Waals surface area contributed by atoms with Crippen molar-refractivity contribution in [1.82, 2.24) is 4.90 Å². The highest BCUT2D eigenvalue weighted by Crippen LogP contribution is 2.28. The van der Waals surface area contributed by atoms with Gasteiger partial charge in [0.1, 0.15) is 0 Å². The summed E-state index contributed by atoms with van der Waals surface area (Å²) >= 11 is 1.75. The number of nitrogens with zero attached hydrogens (tertiary/aromatic N) is 2. The molecule has 0 amide bonds. The standard InChI is InChI=1S/C14H20N2S/c1-3-4-7-10-16-11-12-8-5-6-9-13(12)15-14(16)17-2/h5-6,8-9H,3-4,7,10-11H2,1-2H3. The molecule has 0 spiro atoms. The molecule has 17 heavy (non-hydrogen) atoms. The first kappa shape index (κ1) is 12.5. The molecule has 1 aliphatic heterocycles. The molecule has 1 aliphatic rings. The Morgan fingerprint density at radius 1 is 1.29 bits per heavy atom. The highest BCUT2D eigenvalue weighted by atomic mass is 32.2. The number of fused-ring (bicyclic) bond motifs is 1. The summed E-state index contributed by atoms with van der Waals surface area (Å²) in [5, 5.41) is 1.17. The van der Waals surface area contributed by atoms with Gasteiger partial charge in [-0.3, -0.25) is 0 Å². The summed E-state index contributed by atoms with van der Waals surface area (Å²) in [5.74, 6) is 0. The number of para-hydroxylation sites is 1. The molecule has 2 nitrogen and oxygen atoms in total. The van der Waals surface area contributed by atoms with Gasteiger partial charge in [-0.25, -0.2) is 4.99 Å². The van der Waals surface area contributed by atoms with Gasteiger partial charge in [-0.15, -0.1) is 0 Å². The molecule has 0 aromatic heterocycles. The Balaban J connectivity index is 2.10. The van der Waals surface area contributed by atoms with Crippen LogP contribution in [0, 0.1) is 0 Å². The predicted octanol–water partition coefficient (Wildman–Crippen LogP) is 4.04. The van der Waals surface area contributed by atoms with Gasteiger partial charge in [-0.05, 0) is 24.3 Å². The highest BCUT2D eigenvalue weighted by molar-refractivity contribution is 8.13. The SMILES string of the molecule is CCCCCN1Cc2ccccc2N=C1SC. The molecule has 0 saturated carbocycles. The molecular formula is C14H20N2S. The number of rotatable bonds is 4. The first-order valence-corrected chi connectivity index (χ1v) is 7.53. The molecule has 1 aromatic rings. The van der Waals surface area contributed by atoms with Gasteiger partial charge in [-0.1, -0.05) is 49.7 Å². The topological polar surface area (TPSA) is 15.6 Å². The Bertz CT molecular complexity index is 401. The number of thioether (sulfide) groups is 1. The average molecular weight is 248 g/mol. The fourth-order valence-electron chi connectivity index (χ4n) is 2.10. The van der Waals surface area contributed by atoms with Crippen LogP contribution in [0.4, 0.5) is 5.69 Å². The zero-order valence-electron chi connectivity index (χ0n) is 10.6. The van der Waals surface area contributed by atoms with Gasteiger partial charge >= 0.3 is 0 Å². The van der Waals surface area contributed by atoms with E-state index >= 15 is 0 Å². The second kappa shape index (κ2) is 6.10. The summed E-state index contributed by atoms with van der Waals surface area (Å²) < 4.78 is 0. The molecule has 0 saturated heterocycles. The van der Waals surface area contributed by atoms with Crippen LogP contribution in [0.2, 0.25) is 0 Å². The van der Waals surface area contributed by atoms with Gasteiger partial charge in [-0.2, -0.15) is 0 Å². The number of amidine groups is 1. The second-order valence-corrected chi connectivity index (χ2v) is 5.13. The minimum Gasteiger partial charge on any atom is -0.347 e. The van der Waals surface area contributed by atoms with Gasteiger partial charge in [0.2, 0.25) is 0 Å². The van der Waals surface area contributed by atoms with Crippen molar-refractivity contribution < 1.29 is 0 Å². The number of hydrogen-bond acceptors (Lipinski definition) is 3. The van der Waals surface area contributed by atoms with E-state index in [0.717, 1.165) is 18.8 Å². The molecule has 0 radical (unpaired) electrons. The monoisotopic (exact) mass is 248 g/mol. The molecule has 0 aliphatic carbocycles. The van der Waals surface area contributed by atoms with Gasteiger partial charge in [0.15, 0.2) is 5.17 Å². The summed E-state index contributed by atoms with van der Waals surface area (Å²) in [6, 6.07) is 8.45. The first-order chi connectivity index (χ1) is 8.35. The largest absolute Gasteiger partial charge is 0.347 e. The molecule has 0 N–H and O–H groups in total. The van der Waals surface area contributed by atoms with Crippen LogP contribution in [0.25, 0.3) is 0 Å².